The third kappa shape index (κ3) is 4.78. The SMILES string of the molecule is COc1cccc(-c2cc(C(=O)NCCC[NH+]3CCOCC3)c3ccccc3n2)c1. The van der Waals surface area contributed by atoms with E-state index >= 15 is 0 Å². The van der Waals surface area contributed by atoms with Crippen molar-refractivity contribution in [1.82, 2.24) is 10.3 Å². The molecule has 30 heavy (non-hydrogen) atoms. The number of methoxy groups -OCH3 is 1. The number of hydrogen-bond donors (Lipinski definition) is 2. The fourth-order valence-corrected chi connectivity index (χ4v) is 3.84. The number of pyridine rings is 1. The molecule has 1 fully saturated rings. The van der Waals surface area contributed by atoms with E-state index in [-0.39, 0.29) is 5.91 Å². The largest absolute Gasteiger partial charge is 0.497 e. The van der Waals surface area contributed by atoms with Gasteiger partial charge in [-0.3, -0.25) is 4.79 Å². The van der Waals surface area contributed by atoms with Crippen molar-refractivity contribution in [1.29, 1.82) is 0 Å². The molecule has 1 amide bonds. The summed E-state index contributed by atoms with van der Waals surface area (Å²) in [5, 5.41) is 3.96. The molecule has 0 atom stereocenters. The van der Waals surface area contributed by atoms with E-state index in [4.69, 9.17) is 14.5 Å². The molecule has 156 valence electrons. The van der Waals surface area contributed by atoms with Crippen molar-refractivity contribution < 1.29 is 19.2 Å². The average Bonchev–Trinajstić information content (AvgIpc) is 2.81. The Hall–Kier alpha value is -2.96. The smallest absolute Gasteiger partial charge is 0.252 e. The van der Waals surface area contributed by atoms with Gasteiger partial charge in [0.25, 0.3) is 5.91 Å². The number of para-hydroxylation sites is 1. The molecule has 0 spiro atoms. The Kier molecular flexibility index (Phi) is 6.57. The first-order valence-corrected chi connectivity index (χ1v) is 10.5. The van der Waals surface area contributed by atoms with Crippen LogP contribution in [0.3, 0.4) is 0 Å². The Morgan fingerprint density at radius 2 is 1.97 bits per heavy atom. The van der Waals surface area contributed by atoms with Crippen molar-refractivity contribution in [2.45, 2.75) is 6.42 Å². The van der Waals surface area contributed by atoms with Crippen molar-refractivity contribution in [3.05, 3.63) is 60.2 Å². The van der Waals surface area contributed by atoms with Gasteiger partial charge in [0.1, 0.15) is 18.8 Å². The van der Waals surface area contributed by atoms with E-state index in [2.05, 4.69) is 5.32 Å². The highest BCUT2D eigenvalue weighted by Gasteiger charge is 2.16. The van der Waals surface area contributed by atoms with E-state index in [1.54, 1.807) is 12.0 Å². The van der Waals surface area contributed by atoms with Gasteiger partial charge in [0.2, 0.25) is 0 Å². The maximum absolute atomic E-state index is 13.0. The van der Waals surface area contributed by atoms with Crippen molar-refractivity contribution in [3.63, 3.8) is 0 Å². The summed E-state index contributed by atoms with van der Waals surface area (Å²) in [7, 11) is 1.64. The van der Waals surface area contributed by atoms with Crippen molar-refractivity contribution in [2.75, 3.05) is 46.5 Å². The van der Waals surface area contributed by atoms with Crippen LogP contribution in [-0.2, 0) is 4.74 Å². The molecule has 2 N–H and O–H groups in total. The van der Waals surface area contributed by atoms with Crippen LogP contribution in [0.4, 0.5) is 0 Å². The lowest BCUT2D eigenvalue weighted by molar-refractivity contribution is -0.908. The highest BCUT2D eigenvalue weighted by Crippen LogP contribution is 2.27. The van der Waals surface area contributed by atoms with E-state index in [1.807, 2.05) is 54.6 Å². The van der Waals surface area contributed by atoms with E-state index in [0.29, 0.717) is 12.1 Å². The van der Waals surface area contributed by atoms with Crippen LogP contribution in [0.15, 0.2) is 54.6 Å². The molecule has 6 nitrogen and oxygen atoms in total. The monoisotopic (exact) mass is 406 g/mol. The maximum Gasteiger partial charge on any atom is 0.252 e. The number of nitrogens with one attached hydrogen (secondary N) is 2. The molecular weight excluding hydrogens is 378 g/mol. The molecule has 0 bridgehead atoms. The number of nitrogens with zero attached hydrogens (tertiary/aromatic N) is 1. The predicted molar refractivity (Wildman–Crippen MR) is 117 cm³/mol. The van der Waals surface area contributed by atoms with Crippen molar-refractivity contribution in [2.24, 2.45) is 0 Å². The number of fused-ring (bicyclic) bond motifs is 1. The van der Waals surface area contributed by atoms with Gasteiger partial charge in [-0.2, -0.15) is 0 Å². The lowest BCUT2D eigenvalue weighted by Crippen LogP contribution is -3.14. The number of morpholine rings is 1. The summed E-state index contributed by atoms with van der Waals surface area (Å²) in [6.07, 6.45) is 0.951. The zero-order chi connectivity index (χ0) is 20.8. The van der Waals surface area contributed by atoms with E-state index in [1.165, 1.54) is 0 Å². The van der Waals surface area contributed by atoms with Crippen LogP contribution >= 0.6 is 0 Å². The third-order valence-corrected chi connectivity index (χ3v) is 5.52. The number of amides is 1. The molecule has 0 saturated carbocycles. The molecule has 1 saturated heterocycles. The van der Waals surface area contributed by atoms with E-state index in [9.17, 15) is 4.79 Å². The standard InChI is InChI=1S/C24H27N3O3/c1-29-19-7-4-6-18(16-19)23-17-21(20-8-2-3-9-22(20)26-23)24(28)25-10-5-11-27-12-14-30-15-13-27/h2-4,6-9,16-17H,5,10-15H2,1H3,(H,25,28)/p+1. The normalized spacial score (nSPS) is 14.6. The van der Waals surface area contributed by atoms with Gasteiger partial charge in [0, 0.05) is 23.9 Å². The lowest BCUT2D eigenvalue weighted by atomic mass is 10.0. The van der Waals surface area contributed by atoms with E-state index < -0.39 is 0 Å². The fraction of sp³-hybridized carbons (Fsp3) is 0.333. The van der Waals surface area contributed by atoms with Crippen LogP contribution in [0.1, 0.15) is 16.8 Å². The minimum Gasteiger partial charge on any atom is -0.497 e. The molecular formula is C24H28N3O3+. The van der Waals surface area contributed by atoms with Crippen LogP contribution in [-0.4, -0.2) is 57.4 Å². The molecule has 0 unspecified atom stereocenters. The number of rotatable bonds is 7. The molecule has 1 aliphatic rings. The molecule has 2 aromatic carbocycles. The highest BCUT2D eigenvalue weighted by molar-refractivity contribution is 6.07. The highest BCUT2D eigenvalue weighted by atomic mass is 16.5. The van der Waals surface area contributed by atoms with Gasteiger partial charge in [0.05, 0.1) is 43.6 Å². The second-order valence-corrected chi connectivity index (χ2v) is 7.53. The number of carbonyl (C=O) groups is 1. The predicted octanol–water partition coefficient (Wildman–Crippen LogP) is 1.95. The van der Waals surface area contributed by atoms with E-state index in [0.717, 1.165) is 67.2 Å². The summed E-state index contributed by atoms with van der Waals surface area (Å²) in [5.74, 6) is 0.703. The van der Waals surface area contributed by atoms with Gasteiger partial charge in [-0.15, -0.1) is 0 Å². The Morgan fingerprint density at radius 1 is 1.13 bits per heavy atom. The average molecular weight is 407 g/mol. The summed E-state index contributed by atoms with van der Waals surface area (Å²) in [4.78, 5) is 19.3. The van der Waals surface area contributed by atoms with Gasteiger partial charge in [-0.1, -0.05) is 30.3 Å². The first-order chi connectivity index (χ1) is 14.7. The van der Waals surface area contributed by atoms with Gasteiger partial charge >= 0.3 is 0 Å². The Labute approximate surface area is 176 Å². The summed E-state index contributed by atoms with van der Waals surface area (Å²) in [5.41, 5.74) is 3.14. The molecule has 1 aromatic heterocycles. The fourth-order valence-electron chi connectivity index (χ4n) is 3.84. The topological polar surface area (TPSA) is 64.9 Å². The minimum atomic E-state index is -0.0604. The zero-order valence-electron chi connectivity index (χ0n) is 17.3. The molecule has 6 heteroatoms. The second kappa shape index (κ2) is 9.69. The molecule has 2 heterocycles. The third-order valence-electron chi connectivity index (χ3n) is 5.52. The van der Waals surface area contributed by atoms with Crippen LogP contribution in [0.5, 0.6) is 5.75 Å². The van der Waals surface area contributed by atoms with Gasteiger partial charge < -0.3 is 19.7 Å². The number of benzene rings is 2. The number of quaternary nitrogens is 1. The second-order valence-electron chi connectivity index (χ2n) is 7.53. The number of hydrogen-bond acceptors (Lipinski definition) is 4. The van der Waals surface area contributed by atoms with Crippen LogP contribution in [0, 0.1) is 0 Å². The zero-order valence-corrected chi connectivity index (χ0v) is 17.3. The van der Waals surface area contributed by atoms with Gasteiger partial charge in [0.15, 0.2) is 0 Å². The number of aromatic nitrogens is 1. The quantitative estimate of drug-likeness (QED) is 0.589. The number of carbonyl (C=O) groups excluding carboxylic acids is 1. The number of ether oxygens (including phenoxy) is 2. The summed E-state index contributed by atoms with van der Waals surface area (Å²) < 4.78 is 10.7. The maximum atomic E-state index is 13.0. The Balaban J connectivity index is 1.52. The van der Waals surface area contributed by atoms with Crippen molar-refractivity contribution >= 4 is 16.8 Å². The summed E-state index contributed by atoms with van der Waals surface area (Å²) in [6.45, 7) is 5.47. The molecule has 0 radical (unpaired) electrons. The minimum absolute atomic E-state index is 0.0604. The van der Waals surface area contributed by atoms with Gasteiger partial charge in [-0.25, -0.2) is 4.98 Å². The van der Waals surface area contributed by atoms with Crippen LogP contribution in [0.2, 0.25) is 0 Å². The van der Waals surface area contributed by atoms with Crippen LogP contribution < -0.4 is 15.0 Å². The first-order valence-electron chi connectivity index (χ1n) is 10.5. The molecule has 4 rings (SSSR count). The summed E-state index contributed by atoms with van der Waals surface area (Å²) in [6, 6.07) is 17.4. The van der Waals surface area contributed by atoms with Crippen LogP contribution in [0.25, 0.3) is 22.2 Å². The Morgan fingerprint density at radius 3 is 2.80 bits per heavy atom. The van der Waals surface area contributed by atoms with Crippen molar-refractivity contribution in [3.8, 4) is 17.0 Å². The first kappa shape index (κ1) is 20.3. The molecule has 0 aliphatic carbocycles. The lowest BCUT2D eigenvalue weighted by Gasteiger charge is -2.23. The Bertz CT molecular complexity index is 1020. The molecule has 1 aliphatic heterocycles. The molecule has 3 aromatic rings. The summed E-state index contributed by atoms with van der Waals surface area (Å²) >= 11 is 0. The van der Waals surface area contributed by atoms with Gasteiger partial charge in [-0.05, 0) is 24.3 Å².